The van der Waals surface area contributed by atoms with Crippen LogP contribution in [-0.4, -0.2) is 23.5 Å². The Morgan fingerprint density at radius 1 is 1.35 bits per heavy atom. The van der Waals surface area contributed by atoms with Crippen molar-refractivity contribution in [1.82, 2.24) is 9.38 Å². The molecule has 0 saturated heterocycles. The number of thiazole rings is 1. The summed E-state index contributed by atoms with van der Waals surface area (Å²) in [5, 5.41) is 2.01. The third kappa shape index (κ3) is 2.13. The topological polar surface area (TPSA) is 29.8 Å². The Labute approximate surface area is 126 Å². The highest BCUT2D eigenvalue weighted by Crippen LogP contribution is 2.30. The summed E-state index contributed by atoms with van der Waals surface area (Å²) in [7, 11) is 3.65. The quantitative estimate of drug-likeness (QED) is 0.684. The van der Waals surface area contributed by atoms with Crippen molar-refractivity contribution in [3.05, 3.63) is 41.5 Å². The number of hydrogen-bond donors (Lipinski definition) is 0. The summed E-state index contributed by atoms with van der Waals surface area (Å²) in [6, 6.07) is 7.88. The first-order chi connectivity index (χ1) is 9.74. The van der Waals surface area contributed by atoms with Crippen LogP contribution in [0.5, 0.6) is 5.75 Å². The highest BCUT2D eigenvalue weighted by atomic mass is 35.5. The Bertz CT molecular complexity index is 720. The number of ether oxygens (including phenoxy) is 1. The van der Waals surface area contributed by atoms with Crippen LogP contribution in [-0.2, 0) is 5.88 Å². The first-order valence-electron chi connectivity index (χ1n) is 6.12. The van der Waals surface area contributed by atoms with E-state index in [9.17, 15) is 0 Å². The molecule has 0 aliphatic heterocycles. The van der Waals surface area contributed by atoms with Gasteiger partial charge in [0.1, 0.15) is 5.75 Å². The molecule has 2 aromatic heterocycles. The van der Waals surface area contributed by atoms with E-state index in [1.807, 2.05) is 52.2 Å². The molecule has 0 spiro atoms. The zero-order valence-electron chi connectivity index (χ0n) is 11.2. The van der Waals surface area contributed by atoms with E-state index in [4.69, 9.17) is 16.3 Å². The van der Waals surface area contributed by atoms with E-state index in [1.165, 1.54) is 0 Å². The van der Waals surface area contributed by atoms with Crippen molar-refractivity contribution in [3.8, 4) is 5.75 Å². The van der Waals surface area contributed by atoms with E-state index >= 15 is 0 Å². The number of aromatic nitrogens is 2. The van der Waals surface area contributed by atoms with Crippen LogP contribution >= 0.6 is 22.9 Å². The van der Waals surface area contributed by atoms with Crippen molar-refractivity contribution in [3.63, 3.8) is 0 Å². The average molecular weight is 308 g/mol. The third-order valence-electron chi connectivity index (χ3n) is 3.24. The molecule has 0 aliphatic rings. The summed E-state index contributed by atoms with van der Waals surface area (Å²) in [5.74, 6) is 2.15. The maximum absolute atomic E-state index is 6.09. The van der Waals surface area contributed by atoms with Crippen LogP contribution in [0.2, 0.25) is 0 Å². The van der Waals surface area contributed by atoms with Crippen molar-refractivity contribution < 1.29 is 4.74 Å². The molecule has 104 valence electrons. The summed E-state index contributed by atoms with van der Waals surface area (Å²) in [6.45, 7) is 0. The SMILES string of the molecule is COc1ccc(N(C)c2nc3sccn3c2CCl)cc1. The first kappa shape index (κ1) is 13.3. The minimum Gasteiger partial charge on any atom is -0.497 e. The number of fused-ring (bicyclic) bond motifs is 1. The normalized spacial score (nSPS) is 10.9. The molecule has 3 rings (SSSR count). The van der Waals surface area contributed by atoms with E-state index in [-0.39, 0.29) is 0 Å². The Hall–Kier alpha value is -1.72. The van der Waals surface area contributed by atoms with Crippen molar-refractivity contribution in [2.45, 2.75) is 5.88 Å². The molecule has 0 amide bonds. The number of alkyl halides is 1. The summed E-state index contributed by atoms with van der Waals surface area (Å²) in [6.07, 6.45) is 2.00. The summed E-state index contributed by atoms with van der Waals surface area (Å²) < 4.78 is 7.21. The summed E-state index contributed by atoms with van der Waals surface area (Å²) >= 11 is 7.69. The zero-order valence-corrected chi connectivity index (χ0v) is 12.8. The van der Waals surface area contributed by atoms with Crippen molar-refractivity contribution in [2.75, 3.05) is 19.1 Å². The minimum absolute atomic E-state index is 0.424. The van der Waals surface area contributed by atoms with Crippen LogP contribution in [0.15, 0.2) is 35.8 Å². The second-order valence-corrected chi connectivity index (χ2v) is 5.47. The molecule has 0 unspecified atom stereocenters. The number of anilines is 2. The maximum atomic E-state index is 6.09. The van der Waals surface area contributed by atoms with Gasteiger partial charge in [-0.1, -0.05) is 0 Å². The lowest BCUT2D eigenvalue weighted by Gasteiger charge is -2.18. The summed E-state index contributed by atoms with van der Waals surface area (Å²) in [4.78, 5) is 7.65. The first-order valence-corrected chi connectivity index (χ1v) is 7.54. The number of nitrogens with zero attached hydrogens (tertiary/aromatic N) is 3. The molecule has 0 aliphatic carbocycles. The van der Waals surface area contributed by atoms with Gasteiger partial charge >= 0.3 is 0 Å². The second kappa shape index (κ2) is 5.34. The Kier molecular flexibility index (Phi) is 3.54. The molecule has 20 heavy (non-hydrogen) atoms. The fraction of sp³-hybridized carbons (Fsp3) is 0.214. The zero-order chi connectivity index (χ0) is 14.1. The van der Waals surface area contributed by atoms with Gasteiger partial charge in [0.2, 0.25) is 0 Å². The van der Waals surface area contributed by atoms with E-state index in [0.717, 1.165) is 27.9 Å². The molecule has 0 atom stereocenters. The molecule has 0 N–H and O–H groups in total. The van der Waals surface area contributed by atoms with Gasteiger partial charge in [-0.25, -0.2) is 4.98 Å². The van der Waals surface area contributed by atoms with Crippen LogP contribution in [0.4, 0.5) is 11.5 Å². The smallest absolute Gasteiger partial charge is 0.195 e. The van der Waals surface area contributed by atoms with Gasteiger partial charge in [-0.2, -0.15) is 0 Å². The lowest BCUT2D eigenvalue weighted by molar-refractivity contribution is 0.415. The second-order valence-electron chi connectivity index (χ2n) is 4.33. The predicted octanol–water partition coefficient (Wildman–Crippen LogP) is 3.91. The predicted molar refractivity (Wildman–Crippen MR) is 83.7 cm³/mol. The Morgan fingerprint density at radius 3 is 2.75 bits per heavy atom. The monoisotopic (exact) mass is 307 g/mol. The van der Waals surface area contributed by atoms with Gasteiger partial charge in [-0.05, 0) is 24.3 Å². The van der Waals surface area contributed by atoms with Crippen LogP contribution in [0, 0.1) is 0 Å². The fourth-order valence-corrected chi connectivity index (χ4v) is 3.12. The molecular formula is C14H14ClN3OS. The van der Waals surface area contributed by atoms with Gasteiger partial charge in [0.15, 0.2) is 10.8 Å². The molecule has 6 heteroatoms. The molecule has 2 heterocycles. The van der Waals surface area contributed by atoms with E-state index in [2.05, 4.69) is 4.98 Å². The molecule has 0 saturated carbocycles. The van der Waals surface area contributed by atoms with Gasteiger partial charge in [0.25, 0.3) is 0 Å². The number of halogens is 1. The largest absolute Gasteiger partial charge is 0.497 e. The van der Waals surface area contributed by atoms with Crippen LogP contribution in [0.25, 0.3) is 4.96 Å². The Balaban J connectivity index is 2.02. The molecule has 0 bridgehead atoms. The van der Waals surface area contributed by atoms with E-state index in [0.29, 0.717) is 5.88 Å². The molecular weight excluding hydrogens is 294 g/mol. The average Bonchev–Trinajstić information content (AvgIpc) is 3.06. The maximum Gasteiger partial charge on any atom is 0.195 e. The lowest BCUT2D eigenvalue weighted by Crippen LogP contribution is -2.11. The molecule has 4 nitrogen and oxygen atoms in total. The standard InChI is InChI=1S/C14H14ClN3OS/c1-17(10-3-5-11(19-2)6-4-10)13-12(9-15)18-7-8-20-14(18)16-13/h3-8H,9H2,1-2H3. The van der Waals surface area contributed by atoms with Gasteiger partial charge in [0, 0.05) is 24.3 Å². The van der Waals surface area contributed by atoms with Gasteiger partial charge < -0.3 is 9.64 Å². The number of benzene rings is 1. The fourth-order valence-electron chi connectivity index (χ4n) is 2.14. The Morgan fingerprint density at radius 2 is 2.10 bits per heavy atom. The lowest BCUT2D eigenvalue weighted by atomic mass is 10.2. The van der Waals surface area contributed by atoms with Crippen LogP contribution in [0.1, 0.15) is 5.69 Å². The highest BCUT2D eigenvalue weighted by molar-refractivity contribution is 7.15. The minimum atomic E-state index is 0.424. The van der Waals surface area contributed by atoms with Gasteiger partial charge in [-0.3, -0.25) is 4.40 Å². The number of rotatable bonds is 4. The number of hydrogen-bond acceptors (Lipinski definition) is 4. The van der Waals surface area contributed by atoms with E-state index in [1.54, 1.807) is 18.4 Å². The molecule has 1 aromatic carbocycles. The third-order valence-corrected chi connectivity index (χ3v) is 4.25. The summed E-state index contributed by atoms with van der Waals surface area (Å²) in [5.41, 5.74) is 2.05. The van der Waals surface area contributed by atoms with Crippen LogP contribution in [0.3, 0.4) is 0 Å². The van der Waals surface area contributed by atoms with Gasteiger partial charge in [0.05, 0.1) is 18.7 Å². The number of methoxy groups -OCH3 is 1. The number of imidazole rings is 1. The molecule has 3 aromatic rings. The highest BCUT2D eigenvalue weighted by Gasteiger charge is 2.16. The van der Waals surface area contributed by atoms with Crippen molar-refractivity contribution in [2.24, 2.45) is 0 Å². The van der Waals surface area contributed by atoms with Crippen LogP contribution < -0.4 is 9.64 Å². The van der Waals surface area contributed by atoms with E-state index < -0.39 is 0 Å². The van der Waals surface area contributed by atoms with Crippen molar-refractivity contribution >= 4 is 39.4 Å². The molecule has 0 fully saturated rings. The van der Waals surface area contributed by atoms with Crippen molar-refractivity contribution in [1.29, 1.82) is 0 Å². The molecule has 0 radical (unpaired) electrons. The van der Waals surface area contributed by atoms with Gasteiger partial charge in [-0.15, -0.1) is 22.9 Å².